The molecule has 0 fully saturated rings. The summed E-state index contributed by atoms with van der Waals surface area (Å²) < 4.78 is 1.03. The van der Waals surface area contributed by atoms with E-state index in [4.69, 9.17) is 5.73 Å². The van der Waals surface area contributed by atoms with Crippen LogP contribution in [-0.2, 0) is 0 Å². The number of hydrogen-bond acceptors (Lipinski definition) is 3. The molecule has 1 aromatic heterocycles. The summed E-state index contributed by atoms with van der Waals surface area (Å²) in [5.41, 5.74) is 6.83. The molecule has 0 saturated heterocycles. The fourth-order valence-electron chi connectivity index (χ4n) is 1.20. The van der Waals surface area contributed by atoms with Gasteiger partial charge in [-0.3, -0.25) is 0 Å². The van der Waals surface area contributed by atoms with Crippen molar-refractivity contribution in [2.45, 2.75) is 32.7 Å². The third-order valence-corrected chi connectivity index (χ3v) is 3.54. The molecule has 0 spiro atoms. The van der Waals surface area contributed by atoms with E-state index in [1.807, 2.05) is 19.2 Å². The summed E-state index contributed by atoms with van der Waals surface area (Å²) in [5, 5.41) is 3.37. The lowest BCUT2D eigenvalue weighted by Crippen LogP contribution is -2.42. The van der Waals surface area contributed by atoms with Crippen molar-refractivity contribution in [3.05, 3.63) is 22.3 Å². The number of nitrogens with zero attached hydrogens (tertiary/aromatic N) is 1. The van der Waals surface area contributed by atoms with Crippen LogP contribution in [-0.4, -0.2) is 17.1 Å². The summed E-state index contributed by atoms with van der Waals surface area (Å²) >= 11 is 3.43. The summed E-state index contributed by atoms with van der Waals surface area (Å²) in [6, 6.07) is 2.02. The lowest BCUT2D eigenvalue weighted by molar-refractivity contribution is 0.504. The van der Waals surface area contributed by atoms with Crippen LogP contribution in [0.5, 0.6) is 0 Å². The molecule has 0 aliphatic rings. The number of pyridine rings is 1. The molecule has 1 aromatic rings. The lowest BCUT2D eigenvalue weighted by Gasteiger charge is -2.28. The molecule has 1 heterocycles. The Bertz CT molecular complexity index is 335. The van der Waals surface area contributed by atoms with Crippen LogP contribution in [0.2, 0.25) is 0 Å². The van der Waals surface area contributed by atoms with Crippen molar-refractivity contribution in [1.82, 2.24) is 4.98 Å². The fourth-order valence-corrected chi connectivity index (χ4v) is 1.42. The van der Waals surface area contributed by atoms with Crippen molar-refractivity contribution in [3.8, 4) is 0 Å². The maximum Gasteiger partial charge on any atom is 0.126 e. The number of rotatable bonds is 4. The van der Waals surface area contributed by atoms with Crippen molar-refractivity contribution in [2.24, 2.45) is 5.73 Å². The summed E-state index contributed by atoms with van der Waals surface area (Å²) in [7, 11) is 0. The second-order valence-electron chi connectivity index (χ2n) is 4.06. The first kappa shape index (κ1) is 12.5. The minimum absolute atomic E-state index is 0.0761. The largest absolute Gasteiger partial charge is 0.364 e. The predicted molar refractivity (Wildman–Crippen MR) is 68.0 cm³/mol. The Labute approximate surface area is 99.6 Å². The molecule has 3 nitrogen and oxygen atoms in total. The van der Waals surface area contributed by atoms with E-state index in [1.54, 1.807) is 0 Å². The molecular formula is C11H18BrN3. The third-order valence-electron chi connectivity index (χ3n) is 2.71. The molecule has 0 aromatic carbocycles. The van der Waals surface area contributed by atoms with Crippen LogP contribution in [0.3, 0.4) is 0 Å². The van der Waals surface area contributed by atoms with Gasteiger partial charge in [-0.25, -0.2) is 4.98 Å². The van der Waals surface area contributed by atoms with Crippen LogP contribution in [0.25, 0.3) is 0 Å². The van der Waals surface area contributed by atoms with Crippen molar-refractivity contribution in [1.29, 1.82) is 0 Å². The fraction of sp³-hybridized carbons (Fsp3) is 0.545. The van der Waals surface area contributed by atoms with E-state index in [9.17, 15) is 0 Å². The van der Waals surface area contributed by atoms with Gasteiger partial charge in [0.2, 0.25) is 0 Å². The average molecular weight is 272 g/mol. The molecule has 0 radical (unpaired) electrons. The van der Waals surface area contributed by atoms with E-state index in [0.29, 0.717) is 6.54 Å². The van der Waals surface area contributed by atoms with Crippen LogP contribution in [0.4, 0.5) is 5.82 Å². The zero-order chi connectivity index (χ0) is 11.5. The van der Waals surface area contributed by atoms with E-state index in [1.165, 1.54) is 5.56 Å². The molecule has 0 amide bonds. The number of nitrogens with two attached hydrogens (primary N) is 1. The van der Waals surface area contributed by atoms with Gasteiger partial charge in [-0.2, -0.15) is 0 Å². The number of nitrogens with one attached hydrogen (secondary N) is 1. The summed E-state index contributed by atoms with van der Waals surface area (Å²) in [4.78, 5) is 4.31. The molecule has 4 heteroatoms. The monoisotopic (exact) mass is 271 g/mol. The van der Waals surface area contributed by atoms with Gasteiger partial charge in [0.15, 0.2) is 0 Å². The smallest absolute Gasteiger partial charge is 0.126 e. The number of halogens is 1. The molecule has 0 aliphatic heterocycles. The minimum Gasteiger partial charge on any atom is -0.364 e. The maximum absolute atomic E-state index is 5.73. The molecular weight excluding hydrogens is 254 g/mol. The minimum atomic E-state index is -0.0761. The highest BCUT2D eigenvalue weighted by Crippen LogP contribution is 2.20. The van der Waals surface area contributed by atoms with Crippen LogP contribution < -0.4 is 11.1 Å². The van der Waals surface area contributed by atoms with Gasteiger partial charge in [-0.15, -0.1) is 0 Å². The number of aromatic nitrogens is 1. The van der Waals surface area contributed by atoms with Crippen molar-refractivity contribution in [3.63, 3.8) is 0 Å². The highest BCUT2D eigenvalue weighted by molar-refractivity contribution is 9.10. The Morgan fingerprint density at radius 3 is 2.73 bits per heavy atom. The van der Waals surface area contributed by atoms with Crippen molar-refractivity contribution < 1.29 is 0 Å². The summed E-state index contributed by atoms with van der Waals surface area (Å²) in [6.07, 6.45) is 2.78. The first-order chi connectivity index (χ1) is 7.00. The Morgan fingerprint density at radius 1 is 1.60 bits per heavy atom. The molecule has 3 N–H and O–H groups in total. The van der Waals surface area contributed by atoms with Crippen LogP contribution in [0.1, 0.15) is 25.8 Å². The van der Waals surface area contributed by atoms with E-state index in [2.05, 4.69) is 40.1 Å². The van der Waals surface area contributed by atoms with E-state index in [0.717, 1.165) is 16.7 Å². The Balaban J connectivity index is 2.85. The molecule has 0 aliphatic carbocycles. The lowest BCUT2D eigenvalue weighted by atomic mass is 9.99. The van der Waals surface area contributed by atoms with Gasteiger partial charge < -0.3 is 11.1 Å². The Kier molecular flexibility index (Phi) is 4.11. The van der Waals surface area contributed by atoms with E-state index >= 15 is 0 Å². The van der Waals surface area contributed by atoms with Gasteiger partial charge >= 0.3 is 0 Å². The number of aryl methyl sites for hydroxylation is 1. The van der Waals surface area contributed by atoms with Crippen LogP contribution >= 0.6 is 15.9 Å². The second-order valence-corrected chi connectivity index (χ2v) is 4.92. The first-order valence-corrected chi connectivity index (χ1v) is 5.90. The topological polar surface area (TPSA) is 50.9 Å². The van der Waals surface area contributed by atoms with Gasteiger partial charge in [-0.1, -0.05) is 6.92 Å². The molecule has 15 heavy (non-hydrogen) atoms. The van der Waals surface area contributed by atoms with Gasteiger partial charge in [-0.05, 0) is 47.8 Å². The highest BCUT2D eigenvalue weighted by atomic mass is 79.9. The van der Waals surface area contributed by atoms with Gasteiger partial charge in [0, 0.05) is 22.8 Å². The Hall–Kier alpha value is -0.610. The summed E-state index contributed by atoms with van der Waals surface area (Å²) in [5.74, 6) is 0.880. The van der Waals surface area contributed by atoms with Gasteiger partial charge in [0.25, 0.3) is 0 Å². The first-order valence-electron chi connectivity index (χ1n) is 5.11. The third kappa shape index (κ3) is 3.18. The van der Waals surface area contributed by atoms with E-state index < -0.39 is 0 Å². The normalized spacial score (nSPS) is 14.7. The standard InChI is InChI=1S/C11H18BrN3/c1-4-11(3,7-13)15-10-5-8(2)9(12)6-14-10/h5-6H,4,7,13H2,1-3H3,(H,14,15). The molecule has 1 unspecified atom stereocenters. The maximum atomic E-state index is 5.73. The van der Waals surface area contributed by atoms with Crippen molar-refractivity contribution in [2.75, 3.05) is 11.9 Å². The quantitative estimate of drug-likeness (QED) is 0.886. The van der Waals surface area contributed by atoms with Crippen molar-refractivity contribution >= 4 is 21.7 Å². The zero-order valence-corrected chi connectivity index (χ0v) is 11.1. The molecule has 84 valence electrons. The van der Waals surface area contributed by atoms with Gasteiger partial charge in [0.1, 0.15) is 5.82 Å². The van der Waals surface area contributed by atoms with E-state index in [-0.39, 0.29) is 5.54 Å². The number of anilines is 1. The average Bonchev–Trinajstić information content (AvgIpc) is 2.23. The molecule has 1 atom stereocenters. The SMILES string of the molecule is CCC(C)(CN)Nc1cc(C)c(Br)cn1. The van der Waals surface area contributed by atoms with Crippen LogP contribution in [0, 0.1) is 6.92 Å². The highest BCUT2D eigenvalue weighted by Gasteiger charge is 2.19. The Morgan fingerprint density at radius 2 is 2.27 bits per heavy atom. The second kappa shape index (κ2) is 4.94. The summed E-state index contributed by atoms with van der Waals surface area (Å²) in [6.45, 7) is 6.86. The molecule has 1 rings (SSSR count). The number of hydrogen-bond donors (Lipinski definition) is 2. The predicted octanol–water partition coefficient (Wildman–Crippen LogP) is 2.69. The van der Waals surface area contributed by atoms with Gasteiger partial charge in [0.05, 0.1) is 0 Å². The molecule has 0 bridgehead atoms. The molecule has 0 saturated carbocycles. The van der Waals surface area contributed by atoms with Crippen LogP contribution in [0.15, 0.2) is 16.7 Å². The zero-order valence-electron chi connectivity index (χ0n) is 9.47.